The molecule has 1 atom stereocenters. The van der Waals surface area contributed by atoms with Crippen molar-refractivity contribution in [3.63, 3.8) is 0 Å². The minimum absolute atomic E-state index is 0.160. The second-order valence-electron chi connectivity index (χ2n) is 5.83. The first-order valence-electron chi connectivity index (χ1n) is 7.37. The summed E-state index contributed by atoms with van der Waals surface area (Å²) in [5, 5.41) is 0. The van der Waals surface area contributed by atoms with Crippen LogP contribution in [0.5, 0.6) is 0 Å². The maximum absolute atomic E-state index is 13.2. The second kappa shape index (κ2) is 6.62. The van der Waals surface area contributed by atoms with E-state index in [-0.39, 0.29) is 17.4 Å². The summed E-state index contributed by atoms with van der Waals surface area (Å²) in [6.45, 7) is 9.62. The number of piperazine rings is 1. The number of carbonyl (C=O) groups excluding carboxylic acids is 1. The highest BCUT2D eigenvalue weighted by molar-refractivity contribution is 5.99. The van der Waals surface area contributed by atoms with Gasteiger partial charge >= 0.3 is 0 Å². The first kappa shape index (κ1) is 16.0. The largest absolute Gasteiger partial charge is 0.298 e. The molecule has 1 aliphatic heterocycles. The number of rotatable bonds is 4. The van der Waals surface area contributed by atoms with Gasteiger partial charge in [-0.2, -0.15) is 0 Å². The molecule has 0 N–H and O–H groups in total. The Bertz CT molecular complexity index is 511. The lowest BCUT2D eigenvalue weighted by molar-refractivity contribution is 0.0638. The molecule has 1 aromatic rings. The molecule has 1 aromatic carbocycles. The quantitative estimate of drug-likeness (QED) is 0.798. The summed E-state index contributed by atoms with van der Waals surface area (Å²) >= 11 is 0. The second-order valence-corrected chi connectivity index (χ2v) is 5.83. The molecule has 21 heavy (non-hydrogen) atoms. The van der Waals surface area contributed by atoms with E-state index in [1.54, 1.807) is 0 Å². The minimum atomic E-state index is -0.974. The lowest BCUT2D eigenvalue weighted by Crippen LogP contribution is -2.53. The third-order valence-corrected chi connectivity index (χ3v) is 4.21. The van der Waals surface area contributed by atoms with Crippen molar-refractivity contribution in [2.24, 2.45) is 0 Å². The van der Waals surface area contributed by atoms with Crippen molar-refractivity contribution in [1.29, 1.82) is 0 Å². The summed E-state index contributed by atoms with van der Waals surface area (Å²) in [6.07, 6.45) is 0. The van der Waals surface area contributed by atoms with Crippen LogP contribution in [0.25, 0.3) is 0 Å². The van der Waals surface area contributed by atoms with Crippen molar-refractivity contribution in [1.82, 2.24) is 9.80 Å². The predicted molar refractivity (Wildman–Crippen MR) is 78.4 cm³/mol. The van der Waals surface area contributed by atoms with Crippen molar-refractivity contribution < 1.29 is 13.6 Å². The zero-order valence-corrected chi connectivity index (χ0v) is 12.8. The molecule has 3 nitrogen and oxygen atoms in total. The van der Waals surface area contributed by atoms with Gasteiger partial charge in [0.05, 0.1) is 6.04 Å². The van der Waals surface area contributed by atoms with Gasteiger partial charge in [-0.15, -0.1) is 0 Å². The summed E-state index contributed by atoms with van der Waals surface area (Å²) in [6, 6.07) is 3.53. The monoisotopic (exact) mass is 296 g/mol. The molecule has 1 saturated heterocycles. The van der Waals surface area contributed by atoms with Gasteiger partial charge in [-0.25, -0.2) is 8.78 Å². The Morgan fingerprint density at radius 3 is 2.10 bits per heavy atom. The van der Waals surface area contributed by atoms with Crippen LogP contribution in [0.3, 0.4) is 0 Å². The lowest BCUT2D eigenvalue weighted by Gasteiger charge is -2.39. The van der Waals surface area contributed by atoms with E-state index in [1.165, 1.54) is 6.07 Å². The molecule has 116 valence electrons. The molecule has 1 fully saturated rings. The average molecular weight is 296 g/mol. The first-order chi connectivity index (χ1) is 9.90. The highest BCUT2D eigenvalue weighted by Gasteiger charge is 2.27. The molecule has 5 heteroatoms. The van der Waals surface area contributed by atoms with Crippen LogP contribution < -0.4 is 0 Å². The van der Waals surface area contributed by atoms with Crippen molar-refractivity contribution in [2.45, 2.75) is 32.9 Å². The first-order valence-corrected chi connectivity index (χ1v) is 7.37. The standard InChI is InChI=1S/C16H22F2N2O/c1-11(2)19-6-8-20(9-7-19)12(3)16(21)13-4-5-14(17)15(18)10-13/h4-5,10-12H,6-9H2,1-3H3. The average Bonchev–Trinajstić information content (AvgIpc) is 2.48. The molecule has 0 amide bonds. The van der Waals surface area contributed by atoms with Crippen molar-refractivity contribution in [3.05, 3.63) is 35.4 Å². The van der Waals surface area contributed by atoms with Crippen molar-refractivity contribution >= 4 is 5.78 Å². The fourth-order valence-electron chi connectivity index (χ4n) is 2.70. The van der Waals surface area contributed by atoms with Crippen LogP contribution in [-0.2, 0) is 0 Å². The molecular formula is C16H22F2N2O. The van der Waals surface area contributed by atoms with Gasteiger partial charge in [-0.3, -0.25) is 14.6 Å². The number of hydrogen-bond acceptors (Lipinski definition) is 3. The normalized spacial score (nSPS) is 19.0. The fourth-order valence-corrected chi connectivity index (χ4v) is 2.70. The van der Waals surface area contributed by atoms with Gasteiger partial charge in [-0.05, 0) is 39.0 Å². The van der Waals surface area contributed by atoms with Crippen LogP contribution in [0, 0.1) is 11.6 Å². The van der Waals surface area contributed by atoms with Crippen LogP contribution in [-0.4, -0.2) is 53.8 Å². The van der Waals surface area contributed by atoms with Gasteiger partial charge in [0, 0.05) is 37.8 Å². The summed E-state index contributed by atoms with van der Waals surface area (Å²) < 4.78 is 26.2. The van der Waals surface area contributed by atoms with Crippen LogP contribution in [0.2, 0.25) is 0 Å². The molecular weight excluding hydrogens is 274 g/mol. The van der Waals surface area contributed by atoms with E-state index >= 15 is 0 Å². The third-order valence-electron chi connectivity index (χ3n) is 4.21. The van der Waals surface area contributed by atoms with Crippen LogP contribution in [0.1, 0.15) is 31.1 Å². The Labute approximate surface area is 124 Å². The number of Topliss-reactive ketones (excluding diaryl/α,β-unsaturated/α-hetero) is 1. The maximum Gasteiger partial charge on any atom is 0.179 e. The van der Waals surface area contributed by atoms with E-state index in [1.807, 2.05) is 6.92 Å². The molecule has 0 aromatic heterocycles. The predicted octanol–water partition coefficient (Wildman–Crippen LogP) is 2.56. The van der Waals surface area contributed by atoms with E-state index in [9.17, 15) is 13.6 Å². The number of ketones is 1. The zero-order chi connectivity index (χ0) is 15.6. The minimum Gasteiger partial charge on any atom is -0.298 e. The van der Waals surface area contributed by atoms with E-state index < -0.39 is 11.6 Å². The SMILES string of the molecule is CC(C)N1CCN(C(C)C(=O)c2ccc(F)c(F)c2)CC1. The van der Waals surface area contributed by atoms with Crippen LogP contribution in [0.4, 0.5) is 8.78 Å². The summed E-state index contributed by atoms with van der Waals surface area (Å²) in [5.74, 6) is -2.06. The summed E-state index contributed by atoms with van der Waals surface area (Å²) in [5.41, 5.74) is 0.229. The molecule has 1 heterocycles. The molecule has 0 spiro atoms. The van der Waals surface area contributed by atoms with Crippen molar-refractivity contribution in [2.75, 3.05) is 26.2 Å². The van der Waals surface area contributed by atoms with Gasteiger partial charge in [0.1, 0.15) is 0 Å². The van der Waals surface area contributed by atoms with E-state index in [4.69, 9.17) is 0 Å². The molecule has 1 aliphatic rings. The van der Waals surface area contributed by atoms with Gasteiger partial charge in [0.2, 0.25) is 0 Å². The number of benzene rings is 1. The highest BCUT2D eigenvalue weighted by atomic mass is 19.2. The van der Waals surface area contributed by atoms with Gasteiger partial charge in [0.25, 0.3) is 0 Å². The van der Waals surface area contributed by atoms with Gasteiger partial charge in [-0.1, -0.05) is 0 Å². The fraction of sp³-hybridized carbons (Fsp3) is 0.562. The number of halogens is 2. The van der Waals surface area contributed by atoms with Gasteiger partial charge in [0.15, 0.2) is 17.4 Å². The molecule has 0 aliphatic carbocycles. The van der Waals surface area contributed by atoms with Gasteiger partial charge < -0.3 is 0 Å². The highest BCUT2D eigenvalue weighted by Crippen LogP contribution is 2.15. The molecule has 1 unspecified atom stereocenters. The Hall–Kier alpha value is -1.33. The van der Waals surface area contributed by atoms with Crippen LogP contribution in [0.15, 0.2) is 18.2 Å². The maximum atomic E-state index is 13.2. The lowest BCUT2D eigenvalue weighted by atomic mass is 10.0. The van der Waals surface area contributed by atoms with E-state index in [2.05, 4.69) is 23.6 Å². The molecule has 0 bridgehead atoms. The topological polar surface area (TPSA) is 23.6 Å². The van der Waals surface area contributed by atoms with E-state index in [0.29, 0.717) is 6.04 Å². The molecule has 2 rings (SSSR count). The third kappa shape index (κ3) is 3.66. The number of nitrogens with zero attached hydrogens (tertiary/aromatic N) is 2. The number of carbonyl (C=O) groups is 1. The summed E-state index contributed by atoms with van der Waals surface area (Å²) in [4.78, 5) is 16.8. The zero-order valence-electron chi connectivity index (χ0n) is 12.8. The Morgan fingerprint density at radius 2 is 1.57 bits per heavy atom. The van der Waals surface area contributed by atoms with E-state index in [0.717, 1.165) is 38.3 Å². The Balaban J connectivity index is 2.01. The van der Waals surface area contributed by atoms with Crippen molar-refractivity contribution in [3.8, 4) is 0 Å². The summed E-state index contributed by atoms with van der Waals surface area (Å²) in [7, 11) is 0. The van der Waals surface area contributed by atoms with Crippen LogP contribution >= 0.6 is 0 Å². The molecule has 0 saturated carbocycles. The Morgan fingerprint density at radius 1 is 1.00 bits per heavy atom. The Kier molecular flexibility index (Phi) is 5.06. The smallest absolute Gasteiger partial charge is 0.179 e. The number of hydrogen-bond donors (Lipinski definition) is 0. The molecule has 0 radical (unpaired) electrons.